The molecule has 0 radical (unpaired) electrons. The predicted molar refractivity (Wildman–Crippen MR) is 121 cm³/mol. The number of rotatable bonds is 3. The van der Waals surface area contributed by atoms with Crippen molar-refractivity contribution in [1.82, 2.24) is 29.8 Å². The SMILES string of the molecule is Cc1nc2ccc(C(=O)NC3CCN(C)CC3)cc2n2c(-c3ccccc3Cl)nnc12. The molecule has 7 nitrogen and oxygen atoms in total. The zero-order valence-corrected chi connectivity index (χ0v) is 18.2. The molecule has 3 heterocycles. The number of nitrogens with zero attached hydrogens (tertiary/aromatic N) is 5. The van der Waals surface area contributed by atoms with Gasteiger partial charge in [-0.25, -0.2) is 4.98 Å². The first-order valence-electron chi connectivity index (χ1n) is 10.4. The first-order valence-corrected chi connectivity index (χ1v) is 10.8. The molecule has 2 aromatic carbocycles. The molecule has 4 aromatic rings. The number of carbonyl (C=O) groups excluding carboxylic acids is 1. The monoisotopic (exact) mass is 434 g/mol. The lowest BCUT2D eigenvalue weighted by molar-refractivity contribution is 0.0917. The molecular weight excluding hydrogens is 412 g/mol. The molecule has 0 atom stereocenters. The third kappa shape index (κ3) is 3.64. The van der Waals surface area contributed by atoms with Crippen LogP contribution in [-0.2, 0) is 0 Å². The van der Waals surface area contributed by atoms with E-state index in [2.05, 4.69) is 32.4 Å². The maximum atomic E-state index is 13.0. The minimum absolute atomic E-state index is 0.0717. The van der Waals surface area contributed by atoms with E-state index in [9.17, 15) is 4.79 Å². The van der Waals surface area contributed by atoms with Crippen molar-refractivity contribution in [2.75, 3.05) is 20.1 Å². The number of likely N-dealkylation sites (tertiary alicyclic amines) is 1. The van der Waals surface area contributed by atoms with Gasteiger partial charge >= 0.3 is 0 Å². The third-order valence-electron chi connectivity index (χ3n) is 5.92. The average molecular weight is 435 g/mol. The van der Waals surface area contributed by atoms with Gasteiger partial charge in [-0.05, 0) is 70.2 Å². The Morgan fingerprint density at radius 3 is 2.68 bits per heavy atom. The highest BCUT2D eigenvalue weighted by molar-refractivity contribution is 6.33. The van der Waals surface area contributed by atoms with Gasteiger partial charge in [0.05, 0.1) is 21.7 Å². The molecule has 31 heavy (non-hydrogen) atoms. The van der Waals surface area contributed by atoms with Crippen LogP contribution in [0.2, 0.25) is 5.02 Å². The van der Waals surface area contributed by atoms with Crippen LogP contribution in [-0.4, -0.2) is 56.6 Å². The van der Waals surface area contributed by atoms with Gasteiger partial charge in [-0.3, -0.25) is 9.20 Å². The van der Waals surface area contributed by atoms with Crippen LogP contribution in [0.25, 0.3) is 28.1 Å². The predicted octanol–water partition coefficient (Wildman–Crippen LogP) is 3.73. The van der Waals surface area contributed by atoms with E-state index in [1.165, 1.54) is 0 Å². The third-order valence-corrected chi connectivity index (χ3v) is 6.25. The van der Waals surface area contributed by atoms with Gasteiger partial charge < -0.3 is 10.2 Å². The van der Waals surface area contributed by atoms with Crippen LogP contribution in [0.5, 0.6) is 0 Å². The summed E-state index contributed by atoms with van der Waals surface area (Å²) in [5.41, 5.74) is 4.34. The number of nitrogens with one attached hydrogen (secondary N) is 1. The van der Waals surface area contributed by atoms with E-state index in [4.69, 9.17) is 11.6 Å². The number of aromatic nitrogens is 4. The van der Waals surface area contributed by atoms with E-state index < -0.39 is 0 Å². The molecule has 1 amide bonds. The lowest BCUT2D eigenvalue weighted by Crippen LogP contribution is -2.43. The average Bonchev–Trinajstić information content (AvgIpc) is 3.21. The number of fused-ring (bicyclic) bond motifs is 3. The molecule has 0 bridgehead atoms. The second kappa shape index (κ2) is 7.90. The number of benzene rings is 2. The minimum atomic E-state index is -0.0717. The molecule has 1 saturated heterocycles. The number of hydrogen-bond acceptors (Lipinski definition) is 5. The summed E-state index contributed by atoms with van der Waals surface area (Å²) in [4.78, 5) is 19.9. The second-order valence-electron chi connectivity index (χ2n) is 8.11. The van der Waals surface area contributed by atoms with Crippen molar-refractivity contribution >= 4 is 34.2 Å². The summed E-state index contributed by atoms with van der Waals surface area (Å²) in [5, 5.41) is 12.5. The maximum absolute atomic E-state index is 13.0. The zero-order valence-electron chi connectivity index (χ0n) is 17.5. The molecule has 5 rings (SSSR count). The fourth-order valence-electron chi connectivity index (χ4n) is 4.15. The smallest absolute Gasteiger partial charge is 0.251 e. The molecule has 2 aromatic heterocycles. The van der Waals surface area contributed by atoms with Crippen LogP contribution in [0, 0.1) is 6.92 Å². The number of aryl methyl sites for hydroxylation is 1. The van der Waals surface area contributed by atoms with Gasteiger partial charge in [0.15, 0.2) is 11.5 Å². The van der Waals surface area contributed by atoms with E-state index >= 15 is 0 Å². The van der Waals surface area contributed by atoms with E-state index in [1.54, 1.807) is 0 Å². The van der Waals surface area contributed by atoms with Gasteiger partial charge in [-0.1, -0.05) is 23.7 Å². The van der Waals surface area contributed by atoms with Crippen LogP contribution < -0.4 is 5.32 Å². The highest BCUT2D eigenvalue weighted by atomic mass is 35.5. The zero-order chi connectivity index (χ0) is 21.5. The Morgan fingerprint density at radius 2 is 1.90 bits per heavy atom. The molecule has 1 aliphatic rings. The summed E-state index contributed by atoms with van der Waals surface area (Å²) in [6.45, 7) is 3.89. The first-order chi connectivity index (χ1) is 15.0. The van der Waals surface area contributed by atoms with Crippen LogP contribution in [0.15, 0.2) is 42.5 Å². The molecule has 0 aliphatic carbocycles. The quantitative estimate of drug-likeness (QED) is 0.531. The summed E-state index contributed by atoms with van der Waals surface area (Å²) in [5.74, 6) is 0.557. The van der Waals surface area contributed by atoms with Gasteiger partial charge in [0.25, 0.3) is 5.91 Å². The number of hydrogen-bond donors (Lipinski definition) is 1. The molecule has 0 saturated carbocycles. The molecule has 1 aliphatic heterocycles. The molecular formula is C23H23ClN6O. The van der Waals surface area contributed by atoms with Crippen molar-refractivity contribution in [3.63, 3.8) is 0 Å². The number of amides is 1. The van der Waals surface area contributed by atoms with Crippen LogP contribution >= 0.6 is 11.6 Å². The fourth-order valence-corrected chi connectivity index (χ4v) is 4.37. The maximum Gasteiger partial charge on any atom is 0.251 e. The molecule has 0 unspecified atom stereocenters. The lowest BCUT2D eigenvalue weighted by Gasteiger charge is -2.29. The van der Waals surface area contributed by atoms with Crippen molar-refractivity contribution < 1.29 is 4.79 Å². The second-order valence-corrected chi connectivity index (χ2v) is 8.52. The van der Waals surface area contributed by atoms with Crippen LogP contribution in [0.4, 0.5) is 0 Å². The van der Waals surface area contributed by atoms with E-state index in [0.717, 1.165) is 48.2 Å². The van der Waals surface area contributed by atoms with Gasteiger partial charge in [0.1, 0.15) is 0 Å². The summed E-state index contributed by atoms with van der Waals surface area (Å²) >= 11 is 6.44. The summed E-state index contributed by atoms with van der Waals surface area (Å²) in [6, 6.07) is 13.3. The van der Waals surface area contributed by atoms with Crippen molar-refractivity contribution in [2.45, 2.75) is 25.8 Å². The largest absolute Gasteiger partial charge is 0.349 e. The van der Waals surface area contributed by atoms with Gasteiger partial charge in [0, 0.05) is 17.2 Å². The van der Waals surface area contributed by atoms with Gasteiger partial charge in [0.2, 0.25) is 0 Å². The molecule has 8 heteroatoms. The normalized spacial score (nSPS) is 15.6. The topological polar surface area (TPSA) is 75.4 Å². The van der Waals surface area contributed by atoms with Crippen molar-refractivity contribution in [2.24, 2.45) is 0 Å². The van der Waals surface area contributed by atoms with E-state index in [-0.39, 0.29) is 11.9 Å². The van der Waals surface area contributed by atoms with Crippen LogP contribution in [0.1, 0.15) is 28.9 Å². The van der Waals surface area contributed by atoms with E-state index in [1.807, 2.05) is 53.8 Å². The summed E-state index contributed by atoms with van der Waals surface area (Å²) in [7, 11) is 2.11. The standard InChI is InChI=1S/C23H23ClN6O/c1-14-21-27-28-22(17-5-3-4-6-18(17)24)30(21)20-13-15(7-8-19(20)25-14)23(31)26-16-9-11-29(2)12-10-16/h3-8,13,16H,9-12H2,1-2H3,(H,26,31). The first kappa shape index (κ1) is 19.9. The molecule has 158 valence electrons. The summed E-state index contributed by atoms with van der Waals surface area (Å²) in [6.07, 6.45) is 1.92. The Kier molecular flexibility index (Phi) is 5.08. The lowest BCUT2D eigenvalue weighted by atomic mass is 10.0. The molecule has 1 N–H and O–H groups in total. The highest BCUT2D eigenvalue weighted by Gasteiger charge is 2.21. The van der Waals surface area contributed by atoms with Crippen molar-refractivity contribution in [3.8, 4) is 11.4 Å². The Labute approximate surface area is 185 Å². The van der Waals surface area contributed by atoms with Gasteiger partial charge in [-0.15, -0.1) is 10.2 Å². The van der Waals surface area contributed by atoms with Gasteiger partial charge in [-0.2, -0.15) is 0 Å². The number of piperidine rings is 1. The van der Waals surface area contributed by atoms with Crippen LogP contribution in [0.3, 0.4) is 0 Å². The molecule has 1 fully saturated rings. The highest BCUT2D eigenvalue weighted by Crippen LogP contribution is 2.29. The van der Waals surface area contributed by atoms with E-state index in [0.29, 0.717) is 22.1 Å². The van der Waals surface area contributed by atoms with Crippen molar-refractivity contribution in [1.29, 1.82) is 0 Å². The number of halogens is 1. The number of carbonyl (C=O) groups is 1. The Balaban J connectivity index is 1.60. The molecule has 0 spiro atoms. The summed E-state index contributed by atoms with van der Waals surface area (Å²) < 4.78 is 1.94. The Hall–Kier alpha value is -3.03. The van der Waals surface area contributed by atoms with Crippen molar-refractivity contribution in [3.05, 3.63) is 58.7 Å². The fraction of sp³-hybridized carbons (Fsp3) is 0.304. The Morgan fingerprint density at radius 1 is 1.13 bits per heavy atom. The minimum Gasteiger partial charge on any atom is -0.349 e. The Bertz CT molecular complexity index is 1290.